The molecule has 11 nitrogen and oxygen atoms in total. The fourth-order valence-corrected chi connectivity index (χ4v) is 6.48. The first-order valence-electron chi connectivity index (χ1n) is 20.1. The van der Waals surface area contributed by atoms with Crippen LogP contribution in [0.5, 0.6) is 0 Å². The van der Waals surface area contributed by atoms with Crippen molar-refractivity contribution in [3.05, 3.63) is 0 Å². The first-order chi connectivity index (χ1) is 24.1. The molecule has 3 atom stereocenters. The first kappa shape index (κ1) is 48.5. The molecule has 1 amide bonds. The smallest absolute Gasteiger partial charge is 0.472 e. The molecule has 0 spiro atoms. The number of esters is 1. The molecule has 0 bridgehead atoms. The van der Waals surface area contributed by atoms with Crippen LogP contribution in [0.1, 0.15) is 194 Å². The summed E-state index contributed by atoms with van der Waals surface area (Å²) in [6.45, 7) is 2.28. The fraction of sp³-hybridized carbons (Fsp3) is 0.921. The molecule has 4 N–H and O–H groups in total. The van der Waals surface area contributed by atoms with Crippen molar-refractivity contribution in [1.29, 1.82) is 0 Å². The summed E-state index contributed by atoms with van der Waals surface area (Å²) in [5.74, 6) is -2.41. The summed E-state index contributed by atoms with van der Waals surface area (Å²) in [4.78, 5) is 44.8. The number of unbranched alkanes of at least 4 members (excludes halogenated alkanes) is 24. The summed E-state index contributed by atoms with van der Waals surface area (Å²) >= 11 is 0. The van der Waals surface area contributed by atoms with E-state index in [1.807, 2.05) is 6.92 Å². The summed E-state index contributed by atoms with van der Waals surface area (Å²) in [7, 11) is -4.72. The molecule has 0 radical (unpaired) electrons. The number of aliphatic hydroxyl groups excluding tert-OH is 1. The predicted octanol–water partition coefficient (Wildman–Crippen LogP) is 9.56. The van der Waals surface area contributed by atoms with Gasteiger partial charge in [-0.1, -0.05) is 168 Å². The normalized spacial score (nSPS) is 13.8. The van der Waals surface area contributed by atoms with E-state index in [2.05, 4.69) is 21.3 Å². The SMILES string of the molecule is CCCCCCCCCCCCCCCCCCCCCCCCCCC(=O)OCC(O)COP(=O)(O)OCC(NC(=O)CCCC)C(=O)O. The summed E-state index contributed by atoms with van der Waals surface area (Å²) in [5.41, 5.74) is 0. The van der Waals surface area contributed by atoms with E-state index >= 15 is 0 Å². The third kappa shape index (κ3) is 33.6. The van der Waals surface area contributed by atoms with Crippen LogP contribution in [0, 0.1) is 0 Å². The summed E-state index contributed by atoms with van der Waals surface area (Å²) in [6.07, 6.45) is 31.7. The minimum Gasteiger partial charge on any atom is -0.480 e. The largest absolute Gasteiger partial charge is 0.480 e. The van der Waals surface area contributed by atoms with Crippen LogP contribution in [0.15, 0.2) is 0 Å². The van der Waals surface area contributed by atoms with Gasteiger partial charge in [-0.2, -0.15) is 0 Å². The molecule has 0 saturated heterocycles. The predicted molar refractivity (Wildman–Crippen MR) is 199 cm³/mol. The zero-order chi connectivity index (χ0) is 37.1. The van der Waals surface area contributed by atoms with Crippen molar-refractivity contribution >= 4 is 25.7 Å². The van der Waals surface area contributed by atoms with Gasteiger partial charge in [-0.05, 0) is 12.8 Å². The van der Waals surface area contributed by atoms with Gasteiger partial charge in [-0.3, -0.25) is 18.6 Å². The molecule has 0 aliphatic carbocycles. The maximum Gasteiger partial charge on any atom is 0.472 e. The molecule has 0 fully saturated rings. The highest BCUT2D eigenvalue weighted by molar-refractivity contribution is 7.47. The van der Waals surface area contributed by atoms with Gasteiger partial charge in [-0.25, -0.2) is 9.36 Å². The Balaban J connectivity index is 3.60. The van der Waals surface area contributed by atoms with E-state index in [1.165, 1.54) is 128 Å². The minimum absolute atomic E-state index is 0.123. The highest BCUT2D eigenvalue weighted by Gasteiger charge is 2.28. The van der Waals surface area contributed by atoms with Crippen molar-refractivity contribution < 1.29 is 47.8 Å². The van der Waals surface area contributed by atoms with Crippen molar-refractivity contribution in [1.82, 2.24) is 5.32 Å². The van der Waals surface area contributed by atoms with Crippen molar-refractivity contribution in [2.45, 2.75) is 206 Å². The summed E-state index contributed by atoms with van der Waals surface area (Å²) in [6, 6.07) is -1.53. The maximum absolute atomic E-state index is 12.1. The van der Waals surface area contributed by atoms with Crippen LogP contribution in [0.3, 0.4) is 0 Å². The number of carbonyl (C=O) groups is 3. The highest BCUT2D eigenvalue weighted by Crippen LogP contribution is 2.43. The number of rotatable bonds is 38. The zero-order valence-electron chi connectivity index (χ0n) is 31.7. The topological polar surface area (TPSA) is 169 Å². The van der Waals surface area contributed by atoms with Crippen molar-refractivity contribution in [2.75, 3.05) is 19.8 Å². The van der Waals surface area contributed by atoms with Crippen molar-refractivity contribution in [3.8, 4) is 0 Å². The Morgan fingerprint density at radius 1 is 0.560 bits per heavy atom. The molecule has 0 rings (SSSR count). The van der Waals surface area contributed by atoms with E-state index in [4.69, 9.17) is 4.74 Å². The lowest BCUT2D eigenvalue weighted by Gasteiger charge is -2.18. The first-order valence-corrected chi connectivity index (χ1v) is 21.6. The van der Waals surface area contributed by atoms with E-state index in [-0.39, 0.29) is 12.8 Å². The molecule has 0 aliphatic heterocycles. The Morgan fingerprint density at radius 3 is 1.34 bits per heavy atom. The fourth-order valence-electron chi connectivity index (χ4n) is 5.71. The number of ether oxygens (including phenoxy) is 1. The van der Waals surface area contributed by atoms with Crippen LogP contribution in [0.4, 0.5) is 0 Å². The molecule has 3 unspecified atom stereocenters. The second-order valence-corrected chi connectivity index (χ2v) is 15.3. The number of phosphoric acid groups is 1. The summed E-state index contributed by atoms with van der Waals surface area (Å²) < 4.78 is 26.4. The van der Waals surface area contributed by atoms with Crippen LogP contribution in [0.25, 0.3) is 0 Å². The molecule has 0 heterocycles. The Kier molecular flexibility index (Phi) is 33.5. The number of carbonyl (C=O) groups excluding carboxylic acids is 2. The third-order valence-corrected chi connectivity index (χ3v) is 9.85. The highest BCUT2D eigenvalue weighted by atomic mass is 31.2. The lowest BCUT2D eigenvalue weighted by Crippen LogP contribution is -2.43. The number of aliphatic carboxylic acids is 1. The Morgan fingerprint density at radius 2 is 0.940 bits per heavy atom. The molecule has 50 heavy (non-hydrogen) atoms. The van der Waals surface area contributed by atoms with Gasteiger partial charge >= 0.3 is 19.8 Å². The van der Waals surface area contributed by atoms with Gasteiger partial charge in [0.1, 0.15) is 12.7 Å². The molecule has 12 heteroatoms. The van der Waals surface area contributed by atoms with Gasteiger partial charge in [0.05, 0.1) is 13.2 Å². The van der Waals surface area contributed by atoms with Gasteiger partial charge in [0.25, 0.3) is 0 Å². The van der Waals surface area contributed by atoms with E-state index in [9.17, 15) is 34.1 Å². The quantitative estimate of drug-likeness (QED) is 0.0272. The second kappa shape index (κ2) is 34.6. The Labute approximate surface area is 304 Å². The van der Waals surface area contributed by atoms with Gasteiger partial charge in [0.15, 0.2) is 6.04 Å². The number of carboxylic acid groups (broad SMARTS) is 1. The zero-order valence-corrected chi connectivity index (χ0v) is 32.6. The molecular weight excluding hydrogens is 661 g/mol. The van der Waals surface area contributed by atoms with Gasteiger partial charge in [0.2, 0.25) is 5.91 Å². The number of hydrogen-bond acceptors (Lipinski definition) is 8. The number of nitrogens with one attached hydrogen (secondary N) is 1. The molecule has 0 aromatic rings. The van der Waals surface area contributed by atoms with Crippen LogP contribution in [-0.2, 0) is 32.7 Å². The number of amides is 1. The third-order valence-electron chi connectivity index (χ3n) is 8.90. The molecule has 296 valence electrons. The van der Waals surface area contributed by atoms with E-state index in [0.29, 0.717) is 12.8 Å². The van der Waals surface area contributed by atoms with Crippen LogP contribution < -0.4 is 5.32 Å². The van der Waals surface area contributed by atoms with E-state index in [1.54, 1.807) is 0 Å². The number of aliphatic hydroxyl groups is 1. The summed E-state index contributed by atoms with van der Waals surface area (Å²) in [5, 5.41) is 21.4. The average molecular weight is 736 g/mol. The molecular formula is C38H74NO10P. The molecule has 0 saturated carbocycles. The van der Waals surface area contributed by atoms with Crippen LogP contribution in [0.2, 0.25) is 0 Å². The van der Waals surface area contributed by atoms with E-state index < -0.39 is 57.6 Å². The molecule has 0 aliphatic rings. The van der Waals surface area contributed by atoms with Gasteiger partial charge < -0.3 is 25.2 Å². The van der Waals surface area contributed by atoms with Gasteiger partial charge in [0, 0.05) is 12.8 Å². The maximum atomic E-state index is 12.1. The van der Waals surface area contributed by atoms with E-state index in [0.717, 1.165) is 25.7 Å². The minimum atomic E-state index is -4.72. The Hall–Kier alpha value is -1.52. The number of hydrogen-bond donors (Lipinski definition) is 4. The lowest BCUT2D eigenvalue weighted by atomic mass is 10.0. The molecule has 0 aromatic carbocycles. The molecule has 0 aromatic heterocycles. The average Bonchev–Trinajstić information content (AvgIpc) is 3.09. The van der Waals surface area contributed by atoms with Gasteiger partial charge in [-0.15, -0.1) is 0 Å². The lowest BCUT2D eigenvalue weighted by molar-refractivity contribution is -0.147. The number of phosphoric ester groups is 1. The van der Waals surface area contributed by atoms with Crippen molar-refractivity contribution in [3.63, 3.8) is 0 Å². The van der Waals surface area contributed by atoms with Crippen molar-refractivity contribution in [2.24, 2.45) is 0 Å². The number of carboxylic acids is 1. The standard InChI is InChI=1S/C38H74NO10P/c1-3-5-7-8-9-10-11-12-13-14-15-16-17-18-19-20-21-22-23-24-25-26-27-28-30-37(42)47-31-34(40)32-48-50(45,46)49-33-35(38(43)44)39-36(41)29-6-4-2/h34-35,40H,3-33H2,1-2H3,(H,39,41)(H,43,44)(H,45,46). The monoisotopic (exact) mass is 736 g/mol. The van der Waals surface area contributed by atoms with Crippen LogP contribution >= 0.6 is 7.82 Å². The Bertz CT molecular complexity index is 875. The second-order valence-electron chi connectivity index (χ2n) is 13.8. The van der Waals surface area contributed by atoms with Crippen LogP contribution in [-0.4, -0.2) is 64.9 Å².